The molecule has 0 aliphatic rings. The molecule has 4 aromatic rings. The largest absolute Gasteiger partial charge is 0.497 e. The van der Waals surface area contributed by atoms with E-state index in [2.05, 4.69) is 24.4 Å². The normalized spacial score (nSPS) is 11.0. The highest BCUT2D eigenvalue weighted by atomic mass is 16.5. The first-order valence-corrected chi connectivity index (χ1v) is 11.9. The van der Waals surface area contributed by atoms with Crippen LogP contribution in [0.4, 0.5) is 0 Å². The minimum absolute atomic E-state index is 0.187. The first-order valence-electron chi connectivity index (χ1n) is 11.9. The van der Waals surface area contributed by atoms with Crippen LogP contribution in [0, 0.1) is 0 Å². The lowest BCUT2D eigenvalue weighted by Gasteiger charge is -2.11. The minimum Gasteiger partial charge on any atom is -0.497 e. The number of nitrogens with zero attached hydrogens (tertiary/aromatic N) is 1. The Kier molecular flexibility index (Phi) is 8.15. The Morgan fingerprint density at radius 3 is 2.30 bits per heavy atom. The third-order valence-corrected chi connectivity index (χ3v) is 5.76. The van der Waals surface area contributed by atoms with Gasteiger partial charge in [0.15, 0.2) is 6.61 Å². The van der Waals surface area contributed by atoms with E-state index in [0.717, 1.165) is 10.8 Å². The van der Waals surface area contributed by atoms with E-state index in [0.29, 0.717) is 34.3 Å². The van der Waals surface area contributed by atoms with Gasteiger partial charge in [-0.05, 0) is 64.7 Å². The van der Waals surface area contributed by atoms with E-state index in [1.165, 1.54) is 11.8 Å². The first-order chi connectivity index (χ1) is 17.9. The lowest BCUT2D eigenvalue weighted by molar-refractivity contribution is -0.123. The smallest absolute Gasteiger partial charge is 0.343 e. The molecule has 0 saturated carbocycles. The number of benzene rings is 4. The number of amides is 1. The molecule has 0 spiro atoms. The van der Waals surface area contributed by atoms with Gasteiger partial charge in [0.25, 0.3) is 5.91 Å². The number of hydrogen-bond donors (Lipinski definition) is 1. The number of rotatable bonds is 9. The monoisotopic (exact) mass is 496 g/mol. The quantitative estimate of drug-likeness (QED) is 0.139. The molecular weight excluding hydrogens is 468 g/mol. The number of esters is 1. The molecule has 7 nitrogen and oxygen atoms in total. The summed E-state index contributed by atoms with van der Waals surface area (Å²) in [6.07, 6.45) is 1.47. The maximum absolute atomic E-state index is 12.8. The van der Waals surface area contributed by atoms with Crippen LogP contribution < -0.4 is 19.6 Å². The number of hydrogen-bond acceptors (Lipinski definition) is 6. The molecule has 0 heterocycles. The van der Waals surface area contributed by atoms with Gasteiger partial charge in [0.1, 0.15) is 17.2 Å². The van der Waals surface area contributed by atoms with Gasteiger partial charge in [-0.3, -0.25) is 4.79 Å². The average molecular weight is 497 g/mol. The van der Waals surface area contributed by atoms with Crippen molar-refractivity contribution in [1.82, 2.24) is 5.43 Å². The van der Waals surface area contributed by atoms with Gasteiger partial charge in [-0.15, -0.1) is 0 Å². The van der Waals surface area contributed by atoms with Crippen molar-refractivity contribution in [2.45, 2.75) is 19.8 Å². The summed E-state index contributed by atoms with van der Waals surface area (Å²) in [6, 6.07) is 25.5. The highest BCUT2D eigenvalue weighted by Gasteiger charge is 2.14. The second-order valence-electron chi connectivity index (χ2n) is 8.62. The highest BCUT2D eigenvalue weighted by molar-refractivity contribution is 6.04. The summed E-state index contributed by atoms with van der Waals surface area (Å²) in [5.41, 5.74) is 4.61. The average Bonchev–Trinajstić information content (AvgIpc) is 2.93. The summed E-state index contributed by atoms with van der Waals surface area (Å²) < 4.78 is 16.4. The summed E-state index contributed by atoms with van der Waals surface area (Å²) in [6.45, 7) is 4.04. The zero-order chi connectivity index (χ0) is 26.2. The maximum Gasteiger partial charge on any atom is 0.343 e. The topological polar surface area (TPSA) is 86.2 Å². The fourth-order valence-electron chi connectivity index (χ4n) is 3.68. The number of methoxy groups -OCH3 is 1. The second kappa shape index (κ2) is 11.9. The first kappa shape index (κ1) is 25.4. The van der Waals surface area contributed by atoms with Gasteiger partial charge in [0, 0.05) is 5.56 Å². The van der Waals surface area contributed by atoms with E-state index in [1.807, 2.05) is 54.6 Å². The summed E-state index contributed by atoms with van der Waals surface area (Å²) in [5, 5.41) is 5.85. The highest BCUT2D eigenvalue weighted by Crippen LogP contribution is 2.27. The van der Waals surface area contributed by atoms with E-state index in [1.54, 1.807) is 37.4 Å². The van der Waals surface area contributed by atoms with Gasteiger partial charge in [0.05, 0.1) is 18.9 Å². The van der Waals surface area contributed by atoms with E-state index < -0.39 is 11.9 Å². The standard InChI is InChI=1S/C30H28N2O5/c1-20(2)21-8-15-25(16-9-21)36-19-29(33)32-31-18-27-26-7-5-4-6-22(26)12-17-28(27)37-30(34)23-10-13-24(35-3)14-11-23/h4-18,20H,19H2,1-3H3,(H,32,33)/b31-18-. The predicted octanol–water partition coefficient (Wildman–Crippen LogP) is 5.72. The molecule has 4 rings (SSSR count). The molecule has 0 atom stereocenters. The SMILES string of the molecule is COc1ccc(C(=O)Oc2ccc3ccccc3c2/C=N\NC(=O)COc2ccc(C(C)C)cc2)cc1. The van der Waals surface area contributed by atoms with Crippen LogP contribution in [0.5, 0.6) is 17.2 Å². The van der Waals surface area contributed by atoms with Crippen LogP contribution in [-0.4, -0.2) is 31.8 Å². The van der Waals surface area contributed by atoms with Gasteiger partial charge in [-0.2, -0.15) is 5.10 Å². The van der Waals surface area contributed by atoms with Crippen molar-refractivity contribution in [3.05, 3.63) is 102 Å². The number of carbonyl (C=O) groups excluding carboxylic acids is 2. The molecule has 1 amide bonds. The molecule has 188 valence electrons. The Hall–Kier alpha value is -4.65. The molecule has 0 saturated heterocycles. The summed E-state index contributed by atoms with van der Waals surface area (Å²) in [7, 11) is 1.56. The summed E-state index contributed by atoms with van der Waals surface area (Å²) in [5.74, 6) is 1.04. The lowest BCUT2D eigenvalue weighted by atomic mass is 10.0. The lowest BCUT2D eigenvalue weighted by Crippen LogP contribution is -2.24. The Morgan fingerprint density at radius 1 is 0.892 bits per heavy atom. The second-order valence-corrected chi connectivity index (χ2v) is 8.62. The van der Waals surface area contributed by atoms with Crippen LogP contribution in [-0.2, 0) is 4.79 Å². The molecule has 7 heteroatoms. The van der Waals surface area contributed by atoms with Gasteiger partial charge in [-0.1, -0.05) is 56.3 Å². The van der Waals surface area contributed by atoms with E-state index in [9.17, 15) is 9.59 Å². The molecule has 0 radical (unpaired) electrons. The number of ether oxygens (including phenoxy) is 3. The number of nitrogens with one attached hydrogen (secondary N) is 1. The van der Waals surface area contributed by atoms with Gasteiger partial charge in [0.2, 0.25) is 0 Å². The van der Waals surface area contributed by atoms with Crippen molar-refractivity contribution in [3.8, 4) is 17.2 Å². The van der Waals surface area contributed by atoms with Crippen molar-refractivity contribution in [3.63, 3.8) is 0 Å². The molecular formula is C30H28N2O5. The predicted molar refractivity (Wildman–Crippen MR) is 144 cm³/mol. The molecule has 0 fully saturated rings. The van der Waals surface area contributed by atoms with Crippen LogP contribution in [0.2, 0.25) is 0 Å². The van der Waals surface area contributed by atoms with Crippen molar-refractivity contribution in [2.24, 2.45) is 5.10 Å². The van der Waals surface area contributed by atoms with Crippen molar-refractivity contribution in [1.29, 1.82) is 0 Å². The molecule has 1 N–H and O–H groups in total. The molecule has 0 unspecified atom stereocenters. The van der Waals surface area contributed by atoms with Crippen LogP contribution >= 0.6 is 0 Å². The van der Waals surface area contributed by atoms with Crippen molar-refractivity contribution >= 4 is 28.9 Å². The number of hydrazone groups is 1. The van der Waals surface area contributed by atoms with Gasteiger partial charge in [-0.25, -0.2) is 10.2 Å². The molecule has 0 aliphatic heterocycles. The fourth-order valence-corrected chi connectivity index (χ4v) is 3.68. The molecule has 37 heavy (non-hydrogen) atoms. The molecule has 0 aromatic heterocycles. The summed E-state index contributed by atoms with van der Waals surface area (Å²) >= 11 is 0. The summed E-state index contributed by atoms with van der Waals surface area (Å²) in [4.78, 5) is 25.1. The van der Waals surface area contributed by atoms with Crippen molar-refractivity contribution in [2.75, 3.05) is 13.7 Å². The van der Waals surface area contributed by atoms with Crippen LogP contribution in [0.25, 0.3) is 10.8 Å². The van der Waals surface area contributed by atoms with Crippen molar-refractivity contribution < 1.29 is 23.8 Å². The Labute approximate surface area is 215 Å². The third kappa shape index (κ3) is 6.52. The Balaban J connectivity index is 1.46. The Bertz CT molecular complexity index is 1410. The van der Waals surface area contributed by atoms with Crippen LogP contribution in [0.1, 0.15) is 41.3 Å². The molecule has 0 bridgehead atoms. The number of fused-ring (bicyclic) bond motifs is 1. The molecule has 0 aliphatic carbocycles. The molecule has 4 aromatic carbocycles. The zero-order valence-electron chi connectivity index (χ0n) is 20.9. The van der Waals surface area contributed by atoms with E-state index >= 15 is 0 Å². The zero-order valence-corrected chi connectivity index (χ0v) is 20.9. The van der Waals surface area contributed by atoms with Gasteiger partial charge >= 0.3 is 5.97 Å². The van der Waals surface area contributed by atoms with Crippen LogP contribution in [0.15, 0.2) is 90.0 Å². The van der Waals surface area contributed by atoms with Crippen LogP contribution in [0.3, 0.4) is 0 Å². The third-order valence-electron chi connectivity index (χ3n) is 5.76. The minimum atomic E-state index is -0.520. The van der Waals surface area contributed by atoms with E-state index in [-0.39, 0.29) is 6.61 Å². The number of carbonyl (C=O) groups is 2. The van der Waals surface area contributed by atoms with E-state index in [4.69, 9.17) is 14.2 Å². The van der Waals surface area contributed by atoms with Gasteiger partial charge < -0.3 is 14.2 Å². The maximum atomic E-state index is 12.8. The Morgan fingerprint density at radius 2 is 1.59 bits per heavy atom. The fraction of sp³-hybridized carbons (Fsp3) is 0.167.